The molecular formula is C15H11BrN4O2. The van der Waals surface area contributed by atoms with Gasteiger partial charge in [-0.2, -0.15) is 10.2 Å². The van der Waals surface area contributed by atoms with Gasteiger partial charge in [-0.1, -0.05) is 30.3 Å². The zero-order valence-electron chi connectivity index (χ0n) is 11.3. The number of halogens is 1. The van der Waals surface area contributed by atoms with Gasteiger partial charge in [0.05, 0.1) is 11.9 Å². The van der Waals surface area contributed by atoms with Crippen LogP contribution in [0.2, 0.25) is 0 Å². The summed E-state index contributed by atoms with van der Waals surface area (Å²) in [7, 11) is 0. The zero-order valence-corrected chi connectivity index (χ0v) is 12.9. The summed E-state index contributed by atoms with van der Waals surface area (Å²) in [5, 5.41) is 10.6. The topological polar surface area (TPSA) is 83.3 Å². The predicted octanol–water partition coefficient (Wildman–Crippen LogP) is 3.20. The second-order valence-corrected chi connectivity index (χ2v) is 5.16. The molecule has 0 spiro atoms. The van der Waals surface area contributed by atoms with Gasteiger partial charge in [0.2, 0.25) is 0 Å². The van der Waals surface area contributed by atoms with Gasteiger partial charge in [-0.3, -0.25) is 9.89 Å². The number of carbonyl (C=O) groups excluding carboxylic acids is 1. The molecule has 3 rings (SSSR count). The number of aromatic nitrogens is 2. The molecule has 2 heterocycles. The highest BCUT2D eigenvalue weighted by atomic mass is 79.9. The minimum absolute atomic E-state index is 0.330. The maximum absolute atomic E-state index is 11.9. The molecule has 1 amide bonds. The SMILES string of the molecule is O=C(NN=Cc1ccc(Br)o1)c1cc(-c2ccccc2)n[nH]1. The molecule has 0 fully saturated rings. The molecule has 3 aromatic rings. The molecule has 0 aliphatic heterocycles. The van der Waals surface area contributed by atoms with Crippen LogP contribution in [-0.2, 0) is 0 Å². The summed E-state index contributed by atoms with van der Waals surface area (Å²) in [6, 6.07) is 14.7. The minimum Gasteiger partial charge on any atom is -0.448 e. The van der Waals surface area contributed by atoms with Crippen molar-refractivity contribution in [1.82, 2.24) is 15.6 Å². The van der Waals surface area contributed by atoms with E-state index in [0.29, 0.717) is 21.8 Å². The van der Waals surface area contributed by atoms with Crippen LogP contribution in [0, 0.1) is 0 Å². The number of furan rings is 1. The highest BCUT2D eigenvalue weighted by molar-refractivity contribution is 9.10. The number of amides is 1. The molecule has 7 heteroatoms. The van der Waals surface area contributed by atoms with Gasteiger partial charge in [0.1, 0.15) is 11.5 Å². The Bertz CT molecular complexity index is 808. The summed E-state index contributed by atoms with van der Waals surface area (Å²) >= 11 is 3.19. The van der Waals surface area contributed by atoms with Crippen LogP contribution < -0.4 is 5.43 Å². The molecule has 0 aliphatic rings. The van der Waals surface area contributed by atoms with Crippen LogP contribution in [0.1, 0.15) is 16.2 Å². The fourth-order valence-corrected chi connectivity index (χ4v) is 2.13. The summed E-state index contributed by atoms with van der Waals surface area (Å²) in [6.07, 6.45) is 1.41. The van der Waals surface area contributed by atoms with Gasteiger partial charge in [-0.25, -0.2) is 5.43 Å². The number of rotatable bonds is 4. The molecule has 0 radical (unpaired) electrons. The van der Waals surface area contributed by atoms with Crippen molar-refractivity contribution in [2.75, 3.05) is 0 Å². The third kappa shape index (κ3) is 3.32. The molecule has 2 aromatic heterocycles. The summed E-state index contributed by atoms with van der Waals surface area (Å²) in [5.41, 5.74) is 4.37. The number of aromatic amines is 1. The Balaban J connectivity index is 1.66. The van der Waals surface area contributed by atoms with E-state index in [2.05, 4.69) is 36.7 Å². The minimum atomic E-state index is -0.378. The number of benzene rings is 1. The highest BCUT2D eigenvalue weighted by Gasteiger charge is 2.10. The fraction of sp³-hybridized carbons (Fsp3) is 0. The van der Waals surface area contributed by atoms with Crippen LogP contribution in [0.5, 0.6) is 0 Å². The summed E-state index contributed by atoms with van der Waals surface area (Å²) < 4.78 is 5.83. The smallest absolute Gasteiger partial charge is 0.289 e. The van der Waals surface area contributed by atoms with Crippen LogP contribution in [0.25, 0.3) is 11.3 Å². The summed E-state index contributed by atoms with van der Waals surface area (Å²) in [6.45, 7) is 0. The first-order valence-electron chi connectivity index (χ1n) is 6.42. The number of nitrogens with zero attached hydrogens (tertiary/aromatic N) is 2. The second kappa shape index (κ2) is 6.40. The number of hydrazone groups is 1. The average molecular weight is 359 g/mol. The lowest BCUT2D eigenvalue weighted by atomic mass is 10.1. The summed E-state index contributed by atoms with van der Waals surface area (Å²) in [5.74, 6) is 0.151. The molecule has 6 nitrogen and oxygen atoms in total. The van der Waals surface area contributed by atoms with Crippen molar-refractivity contribution < 1.29 is 9.21 Å². The van der Waals surface area contributed by atoms with E-state index in [0.717, 1.165) is 5.56 Å². The van der Waals surface area contributed by atoms with Gasteiger partial charge >= 0.3 is 0 Å². The third-order valence-electron chi connectivity index (χ3n) is 2.84. The van der Waals surface area contributed by atoms with Crippen molar-refractivity contribution in [2.45, 2.75) is 0 Å². The Morgan fingerprint density at radius 3 is 2.82 bits per heavy atom. The van der Waals surface area contributed by atoms with Gasteiger partial charge in [-0.05, 0) is 34.1 Å². The number of nitrogens with one attached hydrogen (secondary N) is 2. The molecule has 2 N–H and O–H groups in total. The highest BCUT2D eigenvalue weighted by Crippen LogP contribution is 2.16. The molecule has 0 aliphatic carbocycles. The molecule has 0 unspecified atom stereocenters. The Labute approximate surface area is 134 Å². The quantitative estimate of drug-likeness (QED) is 0.554. The lowest BCUT2D eigenvalue weighted by molar-refractivity contribution is 0.0950. The van der Waals surface area contributed by atoms with E-state index in [1.165, 1.54) is 6.21 Å². The first-order chi connectivity index (χ1) is 10.7. The van der Waals surface area contributed by atoms with Crippen molar-refractivity contribution in [3.8, 4) is 11.3 Å². The van der Waals surface area contributed by atoms with Crippen LogP contribution in [0.3, 0.4) is 0 Å². The Morgan fingerprint density at radius 2 is 2.09 bits per heavy atom. The molecule has 1 aromatic carbocycles. The maximum atomic E-state index is 11.9. The molecule has 22 heavy (non-hydrogen) atoms. The number of H-pyrrole nitrogens is 1. The van der Waals surface area contributed by atoms with Gasteiger partial charge in [-0.15, -0.1) is 0 Å². The third-order valence-corrected chi connectivity index (χ3v) is 3.27. The molecule has 110 valence electrons. The maximum Gasteiger partial charge on any atom is 0.289 e. The van der Waals surface area contributed by atoms with E-state index in [-0.39, 0.29) is 5.91 Å². The van der Waals surface area contributed by atoms with E-state index in [9.17, 15) is 4.79 Å². The Morgan fingerprint density at radius 1 is 1.27 bits per heavy atom. The number of hydrogen-bond donors (Lipinski definition) is 2. The predicted molar refractivity (Wildman–Crippen MR) is 85.5 cm³/mol. The van der Waals surface area contributed by atoms with Gasteiger partial charge in [0.15, 0.2) is 4.67 Å². The van der Waals surface area contributed by atoms with Crippen LogP contribution in [-0.4, -0.2) is 22.3 Å². The first kappa shape index (κ1) is 14.3. The van der Waals surface area contributed by atoms with E-state index in [1.54, 1.807) is 18.2 Å². The van der Waals surface area contributed by atoms with E-state index in [1.807, 2.05) is 30.3 Å². The van der Waals surface area contributed by atoms with Crippen molar-refractivity contribution in [3.63, 3.8) is 0 Å². The van der Waals surface area contributed by atoms with Crippen molar-refractivity contribution in [2.24, 2.45) is 5.10 Å². The average Bonchev–Trinajstić information content (AvgIpc) is 3.17. The van der Waals surface area contributed by atoms with Crippen LogP contribution >= 0.6 is 15.9 Å². The molecule has 0 saturated heterocycles. The second-order valence-electron chi connectivity index (χ2n) is 4.37. The lowest BCUT2D eigenvalue weighted by Gasteiger charge is -1.94. The van der Waals surface area contributed by atoms with Crippen LogP contribution in [0.4, 0.5) is 0 Å². The van der Waals surface area contributed by atoms with E-state index < -0.39 is 0 Å². The monoisotopic (exact) mass is 358 g/mol. The van der Waals surface area contributed by atoms with Gasteiger partial charge < -0.3 is 4.42 Å². The van der Waals surface area contributed by atoms with Gasteiger partial charge in [0.25, 0.3) is 5.91 Å². The molecule has 0 atom stereocenters. The van der Waals surface area contributed by atoms with Crippen LogP contribution in [0.15, 0.2) is 62.7 Å². The largest absolute Gasteiger partial charge is 0.448 e. The summed E-state index contributed by atoms with van der Waals surface area (Å²) in [4.78, 5) is 11.9. The Hall–Kier alpha value is -2.67. The van der Waals surface area contributed by atoms with E-state index in [4.69, 9.17) is 4.42 Å². The standard InChI is InChI=1S/C15H11BrN4O2/c16-14-7-6-11(22-14)9-17-20-15(21)13-8-12(18-19-13)10-4-2-1-3-5-10/h1-9H,(H,18,19)(H,20,21). The Kier molecular flexibility index (Phi) is 4.15. The number of carbonyl (C=O) groups is 1. The first-order valence-corrected chi connectivity index (χ1v) is 7.21. The van der Waals surface area contributed by atoms with Gasteiger partial charge in [0, 0.05) is 5.56 Å². The van der Waals surface area contributed by atoms with Crippen molar-refractivity contribution in [1.29, 1.82) is 0 Å². The van der Waals surface area contributed by atoms with E-state index >= 15 is 0 Å². The van der Waals surface area contributed by atoms with Crippen molar-refractivity contribution >= 4 is 28.1 Å². The zero-order chi connectivity index (χ0) is 15.4. The van der Waals surface area contributed by atoms with Crippen molar-refractivity contribution in [3.05, 3.63) is 64.7 Å². The molecule has 0 bridgehead atoms. The molecular weight excluding hydrogens is 348 g/mol. The number of hydrogen-bond acceptors (Lipinski definition) is 4. The normalized spacial score (nSPS) is 11.0. The molecule has 0 saturated carbocycles. The lowest BCUT2D eigenvalue weighted by Crippen LogP contribution is -2.17. The fourth-order valence-electron chi connectivity index (χ4n) is 1.81.